The van der Waals surface area contributed by atoms with E-state index in [0.29, 0.717) is 12.0 Å². The van der Waals surface area contributed by atoms with Crippen LogP contribution < -0.4 is 10.9 Å². The van der Waals surface area contributed by atoms with E-state index in [0.717, 1.165) is 22.5 Å². The molecule has 0 bridgehead atoms. The van der Waals surface area contributed by atoms with Gasteiger partial charge in [0, 0.05) is 11.4 Å². The second kappa shape index (κ2) is 4.72. The minimum atomic E-state index is -0.0145. The van der Waals surface area contributed by atoms with Gasteiger partial charge in [-0.05, 0) is 42.2 Å². The van der Waals surface area contributed by atoms with Gasteiger partial charge in [-0.25, -0.2) is 0 Å². The van der Waals surface area contributed by atoms with Crippen LogP contribution in [-0.4, -0.2) is 11.0 Å². The summed E-state index contributed by atoms with van der Waals surface area (Å²) in [4.78, 5) is 15.0. The van der Waals surface area contributed by atoms with Crippen LogP contribution in [0.25, 0.3) is 10.8 Å². The molecule has 3 nitrogen and oxygen atoms in total. The second-order valence-electron chi connectivity index (χ2n) is 5.76. The third-order valence-corrected chi connectivity index (χ3v) is 4.56. The molecule has 1 heterocycles. The number of fused-ring (bicyclic) bond motifs is 1. The van der Waals surface area contributed by atoms with Crippen molar-refractivity contribution in [1.82, 2.24) is 4.98 Å². The van der Waals surface area contributed by atoms with Gasteiger partial charge in [0.1, 0.15) is 5.82 Å². The number of pyridine rings is 1. The van der Waals surface area contributed by atoms with Crippen molar-refractivity contribution in [2.75, 3.05) is 5.32 Å². The normalized spacial score (nSPS) is 26.7. The van der Waals surface area contributed by atoms with E-state index < -0.39 is 0 Å². The van der Waals surface area contributed by atoms with Crippen LogP contribution in [0.2, 0.25) is 0 Å². The number of anilines is 1. The van der Waals surface area contributed by atoms with Gasteiger partial charge in [0.2, 0.25) is 0 Å². The summed E-state index contributed by atoms with van der Waals surface area (Å²) < 4.78 is 0. The van der Waals surface area contributed by atoms with Gasteiger partial charge in [0.25, 0.3) is 5.56 Å². The average Bonchev–Trinajstić information content (AvgIpc) is 2.71. The maximum absolute atomic E-state index is 12.0. The Morgan fingerprint density at radius 1 is 1.21 bits per heavy atom. The minimum absolute atomic E-state index is 0.0145. The Morgan fingerprint density at radius 3 is 2.74 bits per heavy atom. The highest BCUT2D eigenvalue weighted by atomic mass is 16.1. The van der Waals surface area contributed by atoms with Crippen molar-refractivity contribution in [1.29, 1.82) is 0 Å². The number of aromatic amines is 1. The summed E-state index contributed by atoms with van der Waals surface area (Å²) in [5.41, 5.74) is -0.0145. The molecular weight excluding hydrogens is 236 g/mol. The van der Waals surface area contributed by atoms with Gasteiger partial charge in [-0.2, -0.15) is 0 Å². The van der Waals surface area contributed by atoms with Crippen molar-refractivity contribution in [3.05, 3.63) is 40.7 Å². The third-order valence-electron chi connectivity index (χ3n) is 4.56. The molecule has 2 aromatic rings. The smallest absolute Gasteiger partial charge is 0.257 e. The molecule has 0 amide bonds. The number of H-pyrrole nitrogens is 1. The molecule has 3 atom stereocenters. The van der Waals surface area contributed by atoms with Crippen LogP contribution in [0.15, 0.2) is 35.1 Å². The molecule has 1 aromatic heterocycles. The maximum Gasteiger partial charge on any atom is 0.257 e. The van der Waals surface area contributed by atoms with E-state index in [1.165, 1.54) is 12.8 Å². The van der Waals surface area contributed by atoms with Crippen LogP contribution in [0.5, 0.6) is 0 Å². The summed E-state index contributed by atoms with van der Waals surface area (Å²) in [6, 6.07) is 10.2. The maximum atomic E-state index is 12.0. The van der Waals surface area contributed by atoms with Crippen LogP contribution in [0.3, 0.4) is 0 Å². The number of hydrogen-bond donors (Lipinski definition) is 2. The van der Waals surface area contributed by atoms with E-state index in [-0.39, 0.29) is 5.56 Å². The molecule has 3 rings (SSSR count). The van der Waals surface area contributed by atoms with Gasteiger partial charge in [-0.1, -0.05) is 32.0 Å². The fourth-order valence-corrected chi connectivity index (χ4v) is 3.06. The second-order valence-corrected chi connectivity index (χ2v) is 5.76. The van der Waals surface area contributed by atoms with Crippen molar-refractivity contribution < 1.29 is 0 Å². The zero-order valence-electron chi connectivity index (χ0n) is 11.4. The summed E-state index contributed by atoms with van der Waals surface area (Å²) in [6.45, 7) is 4.59. The van der Waals surface area contributed by atoms with E-state index in [9.17, 15) is 4.79 Å². The molecule has 1 aliphatic carbocycles. The fraction of sp³-hybridized carbons (Fsp3) is 0.438. The van der Waals surface area contributed by atoms with E-state index in [1.54, 1.807) is 0 Å². The molecule has 1 fully saturated rings. The van der Waals surface area contributed by atoms with Gasteiger partial charge in [0.05, 0.1) is 0 Å². The van der Waals surface area contributed by atoms with Gasteiger partial charge in [0.15, 0.2) is 0 Å². The van der Waals surface area contributed by atoms with Crippen LogP contribution >= 0.6 is 0 Å². The van der Waals surface area contributed by atoms with E-state index in [2.05, 4.69) is 24.1 Å². The first-order valence-corrected chi connectivity index (χ1v) is 7.04. The summed E-state index contributed by atoms with van der Waals surface area (Å²) in [6.07, 6.45) is 2.44. The van der Waals surface area contributed by atoms with Gasteiger partial charge in [-0.15, -0.1) is 0 Å². The van der Waals surface area contributed by atoms with E-state index >= 15 is 0 Å². The Hall–Kier alpha value is -1.77. The Bertz CT molecular complexity index is 646. The van der Waals surface area contributed by atoms with Gasteiger partial charge < -0.3 is 10.3 Å². The lowest BCUT2D eigenvalue weighted by atomic mass is 9.98. The number of aromatic nitrogens is 1. The van der Waals surface area contributed by atoms with Crippen LogP contribution in [-0.2, 0) is 0 Å². The lowest BCUT2D eigenvalue weighted by Gasteiger charge is -2.20. The zero-order valence-corrected chi connectivity index (χ0v) is 11.4. The first-order chi connectivity index (χ1) is 9.15. The number of hydrogen-bond acceptors (Lipinski definition) is 2. The molecular formula is C16H20N2O. The summed E-state index contributed by atoms with van der Waals surface area (Å²) in [5.74, 6) is 2.24. The third kappa shape index (κ3) is 2.25. The molecule has 0 saturated heterocycles. The predicted octanol–water partition coefficient (Wildman–Crippen LogP) is 3.37. The SMILES string of the molecule is CC1CCC(Nc2cc3ccccc3c(=O)[nH]2)C1C. The quantitative estimate of drug-likeness (QED) is 0.865. The van der Waals surface area contributed by atoms with Crippen molar-refractivity contribution in [2.45, 2.75) is 32.7 Å². The average molecular weight is 256 g/mol. The molecule has 3 unspecified atom stereocenters. The molecule has 100 valence electrons. The monoisotopic (exact) mass is 256 g/mol. The summed E-state index contributed by atoms with van der Waals surface area (Å²) in [5, 5.41) is 5.24. The Labute approximate surface area is 113 Å². The molecule has 2 N–H and O–H groups in total. The van der Waals surface area contributed by atoms with Crippen LogP contribution in [0.4, 0.5) is 5.82 Å². The Kier molecular flexibility index (Phi) is 3.05. The Morgan fingerprint density at radius 2 is 2.00 bits per heavy atom. The molecule has 1 saturated carbocycles. The molecule has 1 aromatic carbocycles. The van der Waals surface area contributed by atoms with Crippen molar-refractivity contribution >= 4 is 16.6 Å². The van der Waals surface area contributed by atoms with Crippen molar-refractivity contribution in [2.24, 2.45) is 11.8 Å². The molecule has 0 spiro atoms. The van der Waals surface area contributed by atoms with Crippen LogP contribution in [0, 0.1) is 11.8 Å². The number of benzene rings is 1. The number of nitrogens with one attached hydrogen (secondary N) is 2. The molecule has 1 aliphatic rings. The highest BCUT2D eigenvalue weighted by Crippen LogP contribution is 2.33. The molecule has 0 radical (unpaired) electrons. The first kappa shape index (κ1) is 12.3. The van der Waals surface area contributed by atoms with Crippen molar-refractivity contribution in [3.63, 3.8) is 0 Å². The largest absolute Gasteiger partial charge is 0.369 e. The fourth-order valence-electron chi connectivity index (χ4n) is 3.06. The predicted molar refractivity (Wildman–Crippen MR) is 79.5 cm³/mol. The minimum Gasteiger partial charge on any atom is -0.369 e. The first-order valence-electron chi connectivity index (χ1n) is 7.04. The molecule has 19 heavy (non-hydrogen) atoms. The van der Waals surface area contributed by atoms with Gasteiger partial charge >= 0.3 is 0 Å². The highest BCUT2D eigenvalue weighted by molar-refractivity contribution is 5.83. The standard InChI is InChI=1S/C16H20N2O/c1-10-7-8-14(11(10)2)17-15-9-12-5-3-4-6-13(12)16(19)18-15/h3-6,9-11,14H,7-8H2,1-2H3,(H2,17,18,19). The number of rotatable bonds is 2. The highest BCUT2D eigenvalue weighted by Gasteiger charge is 2.29. The Balaban J connectivity index is 1.92. The van der Waals surface area contributed by atoms with E-state index in [1.807, 2.05) is 30.3 Å². The summed E-state index contributed by atoms with van der Waals surface area (Å²) in [7, 11) is 0. The van der Waals surface area contributed by atoms with E-state index in [4.69, 9.17) is 0 Å². The molecule has 3 heteroatoms. The van der Waals surface area contributed by atoms with Gasteiger partial charge in [-0.3, -0.25) is 4.79 Å². The lowest BCUT2D eigenvalue weighted by molar-refractivity contribution is 0.435. The topological polar surface area (TPSA) is 44.9 Å². The summed E-state index contributed by atoms with van der Waals surface area (Å²) >= 11 is 0. The molecule has 0 aliphatic heterocycles. The van der Waals surface area contributed by atoms with Crippen LogP contribution in [0.1, 0.15) is 26.7 Å². The van der Waals surface area contributed by atoms with Crippen molar-refractivity contribution in [3.8, 4) is 0 Å². The lowest BCUT2D eigenvalue weighted by Crippen LogP contribution is -2.25. The zero-order chi connectivity index (χ0) is 13.4.